The number of halogens is 2. The van der Waals surface area contributed by atoms with Crippen molar-refractivity contribution in [3.63, 3.8) is 0 Å². The topological polar surface area (TPSA) is 58.6 Å². The first-order valence-corrected chi connectivity index (χ1v) is 5.24. The predicted molar refractivity (Wildman–Crippen MR) is 62.5 cm³/mol. The maximum absolute atomic E-state index is 13.0. The van der Waals surface area contributed by atoms with Gasteiger partial charge in [0.15, 0.2) is 5.60 Å². The zero-order chi connectivity index (χ0) is 13.1. The molecule has 6 heteroatoms. The molecule has 0 aliphatic heterocycles. The number of rotatable bonds is 4. The van der Waals surface area contributed by atoms with Crippen LogP contribution in [0.5, 0.6) is 0 Å². The van der Waals surface area contributed by atoms with Crippen molar-refractivity contribution in [3.8, 4) is 0 Å². The monoisotopic (exact) mass is 261 g/mol. The third-order valence-corrected chi connectivity index (χ3v) is 2.34. The second kappa shape index (κ2) is 5.33. The van der Waals surface area contributed by atoms with Gasteiger partial charge in [-0.05, 0) is 25.1 Å². The molecular formula is C11H13ClFNO3. The third kappa shape index (κ3) is 3.87. The summed E-state index contributed by atoms with van der Waals surface area (Å²) in [5, 5.41) is 12.7. The first kappa shape index (κ1) is 13.7. The fourth-order valence-electron chi connectivity index (χ4n) is 1.22. The minimum absolute atomic E-state index is 0.112. The molecule has 0 aliphatic carbocycles. The lowest BCUT2D eigenvalue weighted by Crippen LogP contribution is -2.42. The molecule has 0 spiro atoms. The van der Waals surface area contributed by atoms with Crippen LogP contribution >= 0.6 is 11.6 Å². The maximum Gasteiger partial charge on any atom is 0.339 e. The standard InChI is InChI=1S/C11H13ClFNO3/c1-11(16,10(15)17-2)6-14-9-4-7(12)3-8(13)5-9/h3-5,14,16H,6H2,1-2H3. The van der Waals surface area contributed by atoms with Crippen LogP contribution in [0.15, 0.2) is 18.2 Å². The number of aliphatic hydroxyl groups is 1. The van der Waals surface area contributed by atoms with Gasteiger partial charge in [-0.15, -0.1) is 0 Å². The zero-order valence-corrected chi connectivity index (χ0v) is 10.2. The number of ether oxygens (including phenoxy) is 1. The van der Waals surface area contributed by atoms with Gasteiger partial charge < -0.3 is 15.2 Å². The molecule has 0 aliphatic rings. The molecule has 1 atom stereocenters. The van der Waals surface area contributed by atoms with Gasteiger partial charge in [-0.25, -0.2) is 9.18 Å². The van der Waals surface area contributed by atoms with E-state index in [9.17, 15) is 14.3 Å². The number of benzene rings is 1. The summed E-state index contributed by atoms with van der Waals surface area (Å²) in [5.41, 5.74) is -1.31. The minimum atomic E-state index is -1.69. The molecule has 17 heavy (non-hydrogen) atoms. The molecule has 0 aromatic heterocycles. The molecule has 94 valence electrons. The normalized spacial score (nSPS) is 13.9. The molecule has 4 nitrogen and oxygen atoms in total. The summed E-state index contributed by atoms with van der Waals surface area (Å²) in [6, 6.07) is 3.85. The Bertz CT molecular complexity index is 403. The molecule has 0 fully saturated rings. The van der Waals surface area contributed by atoms with E-state index in [0.29, 0.717) is 5.69 Å². The Kier molecular flexibility index (Phi) is 4.31. The van der Waals surface area contributed by atoms with Gasteiger partial charge in [0.25, 0.3) is 0 Å². The molecule has 1 unspecified atom stereocenters. The minimum Gasteiger partial charge on any atom is -0.467 e. The quantitative estimate of drug-likeness (QED) is 0.812. The Morgan fingerprint density at radius 1 is 1.59 bits per heavy atom. The highest BCUT2D eigenvalue weighted by Gasteiger charge is 2.31. The third-order valence-electron chi connectivity index (χ3n) is 2.12. The number of nitrogens with one attached hydrogen (secondary N) is 1. The number of carbonyl (C=O) groups is 1. The molecule has 1 aromatic carbocycles. The van der Waals surface area contributed by atoms with Crippen LogP contribution in [-0.2, 0) is 9.53 Å². The molecule has 0 radical (unpaired) electrons. The van der Waals surface area contributed by atoms with E-state index in [0.717, 1.165) is 6.07 Å². The number of carbonyl (C=O) groups excluding carboxylic acids is 1. The van der Waals surface area contributed by atoms with Crippen LogP contribution in [0.4, 0.5) is 10.1 Å². The summed E-state index contributed by atoms with van der Waals surface area (Å²) in [6.07, 6.45) is 0. The fraction of sp³-hybridized carbons (Fsp3) is 0.364. The lowest BCUT2D eigenvalue weighted by atomic mass is 10.1. The summed E-state index contributed by atoms with van der Waals surface area (Å²) in [6.45, 7) is 1.19. The maximum atomic E-state index is 13.0. The Morgan fingerprint density at radius 3 is 2.76 bits per heavy atom. The van der Waals surface area contributed by atoms with E-state index in [1.807, 2.05) is 0 Å². The second-order valence-electron chi connectivity index (χ2n) is 3.78. The van der Waals surface area contributed by atoms with Crippen LogP contribution in [-0.4, -0.2) is 30.3 Å². The van der Waals surface area contributed by atoms with Crippen LogP contribution in [0.3, 0.4) is 0 Å². The SMILES string of the molecule is COC(=O)C(C)(O)CNc1cc(F)cc(Cl)c1. The van der Waals surface area contributed by atoms with Gasteiger partial charge >= 0.3 is 5.97 Å². The molecule has 1 rings (SSSR count). The van der Waals surface area contributed by atoms with Crippen LogP contribution < -0.4 is 5.32 Å². The van der Waals surface area contributed by atoms with Crippen molar-refractivity contribution in [1.29, 1.82) is 0 Å². The van der Waals surface area contributed by atoms with Crippen LogP contribution in [0, 0.1) is 5.82 Å². The molecule has 0 bridgehead atoms. The van der Waals surface area contributed by atoms with Gasteiger partial charge in [-0.1, -0.05) is 11.6 Å². The van der Waals surface area contributed by atoms with E-state index in [4.69, 9.17) is 11.6 Å². The van der Waals surface area contributed by atoms with Gasteiger partial charge in [0.05, 0.1) is 13.7 Å². The van der Waals surface area contributed by atoms with E-state index in [2.05, 4.69) is 10.1 Å². The number of esters is 1. The second-order valence-corrected chi connectivity index (χ2v) is 4.21. The van der Waals surface area contributed by atoms with Crippen molar-refractivity contribution in [2.24, 2.45) is 0 Å². The zero-order valence-electron chi connectivity index (χ0n) is 9.46. The lowest BCUT2D eigenvalue weighted by molar-refractivity contribution is -0.158. The van der Waals surface area contributed by atoms with E-state index in [1.165, 1.54) is 26.2 Å². The molecule has 2 N–H and O–H groups in total. The first-order chi connectivity index (χ1) is 7.85. The molecule has 0 heterocycles. The van der Waals surface area contributed by atoms with Crippen molar-refractivity contribution in [2.75, 3.05) is 19.0 Å². The number of hydrogen-bond donors (Lipinski definition) is 2. The van der Waals surface area contributed by atoms with Gasteiger partial charge in [0, 0.05) is 10.7 Å². The Hall–Kier alpha value is -1.33. The highest BCUT2D eigenvalue weighted by atomic mass is 35.5. The van der Waals surface area contributed by atoms with Crippen LogP contribution in [0.25, 0.3) is 0 Å². The summed E-state index contributed by atoms with van der Waals surface area (Å²) in [4.78, 5) is 11.2. The van der Waals surface area contributed by atoms with Crippen LogP contribution in [0.2, 0.25) is 5.02 Å². The first-order valence-electron chi connectivity index (χ1n) is 4.86. The van der Waals surface area contributed by atoms with Crippen molar-refractivity contribution in [3.05, 3.63) is 29.0 Å². The summed E-state index contributed by atoms with van der Waals surface area (Å²) < 4.78 is 17.4. The summed E-state index contributed by atoms with van der Waals surface area (Å²) in [7, 11) is 1.18. The van der Waals surface area contributed by atoms with E-state index < -0.39 is 17.4 Å². The number of hydrogen-bond acceptors (Lipinski definition) is 4. The van der Waals surface area contributed by atoms with Crippen LogP contribution in [0.1, 0.15) is 6.92 Å². The van der Waals surface area contributed by atoms with Crippen molar-refractivity contribution >= 4 is 23.3 Å². The summed E-state index contributed by atoms with van der Waals surface area (Å²) >= 11 is 5.66. The van der Waals surface area contributed by atoms with Crippen molar-refractivity contribution in [2.45, 2.75) is 12.5 Å². The number of methoxy groups -OCH3 is 1. The Balaban J connectivity index is 2.70. The fourth-order valence-corrected chi connectivity index (χ4v) is 1.44. The smallest absolute Gasteiger partial charge is 0.339 e. The van der Waals surface area contributed by atoms with Crippen molar-refractivity contribution < 1.29 is 19.0 Å². The molecule has 1 aromatic rings. The van der Waals surface area contributed by atoms with E-state index >= 15 is 0 Å². The lowest BCUT2D eigenvalue weighted by Gasteiger charge is -2.21. The van der Waals surface area contributed by atoms with Crippen molar-refractivity contribution in [1.82, 2.24) is 0 Å². The summed E-state index contributed by atoms with van der Waals surface area (Å²) in [5.74, 6) is -1.27. The Labute approximate surface area is 103 Å². The highest BCUT2D eigenvalue weighted by Crippen LogP contribution is 2.19. The molecular weight excluding hydrogens is 249 g/mol. The van der Waals surface area contributed by atoms with Gasteiger partial charge in [0.2, 0.25) is 0 Å². The van der Waals surface area contributed by atoms with Gasteiger partial charge in [-0.3, -0.25) is 0 Å². The average molecular weight is 262 g/mol. The van der Waals surface area contributed by atoms with E-state index in [1.54, 1.807) is 0 Å². The number of anilines is 1. The average Bonchev–Trinajstić information content (AvgIpc) is 2.24. The van der Waals surface area contributed by atoms with Gasteiger partial charge in [-0.2, -0.15) is 0 Å². The van der Waals surface area contributed by atoms with Gasteiger partial charge in [0.1, 0.15) is 5.82 Å². The molecule has 0 saturated heterocycles. The highest BCUT2D eigenvalue weighted by molar-refractivity contribution is 6.30. The van der Waals surface area contributed by atoms with E-state index in [-0.39, 0.29) is 11.6 Å². The molecule has 0 amide bonds. The molecule has 0 saturated carbocycles. The Morgan fingerprint density at radius 2 is 2.24 bits per heavy atom. The largest absolute Gasteiger partial charge is 0.467 e. The predicted octanol–water partition coefficient (Wildman–Crippen LogP) is 1.81.